The number of H-pyrrole nitrogens is 1. The third-order valence-corrected chi connectivity index (χ3v) is 5.24. The number of amides is 1. The molecule has 1 saturated carbocycles. The summed E-state index contributed by atoms with van der Waals surface area (Å²) >= 11 is 6.29. The van der Waals surface area contributed by atoms with Gasteiger partial charge in [0.25, 0.3) is 0 Å². The van der Waals surface area contributed by atoms with Gasteiger partial charge in [0.05, 0.1) is 0 Å². The molecular weight excluding hydrogens is 362 g/mol. The molecule has 0 aromatic carbocycles. The molecule has 6 nitrogen and oxygen atoms in total. The quantitative estimate of drug-likeness (QED) is 0.591. The van der Waals surface area contributed by atoms with Gasteiger partial charge in [0, 0.05) is 42.4 Å². The molecule has 0 radical (unpaired) electrons. The van der Waals surface area contributed by atoms with Gasteiger partial charge < -0.3 is 15.6 Å². The van der Waals surface area contributed by atoms with Gasteiger partial charge in [-0.05, 0) is 55.5 Å². The summed E-state index contributed by atoms with van der Waals surface area (Å²) < 4.78 is 0. The Morgan fingerprint density at radius 1 is 1.22 bits per heavy atom. The fourth-order valence-corrected chi connectivity index (χ4v) is 4.01. The van der Waals surface area contributed by atoms with Crippen LogP contribution in [0.5, 0.6) is 0 Å². The summed E-state index contributed by atoms with van der Waals surface area (Å²) in [5.74, 6) is 0.819. The Bertz CT molecular complexity index is 962. The summed E-state index contributed by atoms with van der Waals surface area (Å²) in [7, 11) is 0. The first-order chi connectivity index (χ1) is 13.1. The molecule has 1 aliphatic carbocycles. The monoisotopic (exact) mass is 383 g/mol. The van der Waals surface area contributed by atoms with Crippen LogP contribution in [0.1, 0.15) is 32.6 Å². The maximum atomic E-state index is 11.2. The van der Waals surface area contributed by atoms with E-state index in [2.05, 4.69) is 25.6 Å². The van der Waals surface area contributed by atoms with Gasteiger partial charge in [0.1, 0.15) is 16.6 Å². The fourth-order valence-electron chi connectivity index (χ4n) is 3.80. The molecule has 3 aromatic rings. The molecule has 0 bridgehead atoms. The van der Waals surface area contributed by atoms with Gasteiger partial charge in [-0.3, -0.25) is 4.79 Å². The highest BCUT2D eigenvalue weighted by Crippen LogP contribution is 2.31. The number of aromatic amines is 1. The summed E-state index contributed by atoms with van der Waals surface area (Å²) in [6, 6.07) is 8.48. The maximum absolute atomic E-state index is 11.2. The van der Waals surface area contributed by atoms with Gasteiger partial charge in [-0.25, -0.2) is 9.97 Å². The second-order valence-electron chi connectivity index (χ2n) is 7.06. The van der Waals surface area contributed by atoms with E-state index in [0.29, 0.717) is 11.2 Å². The third-order valence-electron chi connectivity index (χ3n) is 5.04. The van der Waals surface area contributed by atoms with Gasteiger partial charge in [-0.15, -0.1) is 0 Å². The van der Waals surface area contributed by atoms with Crippen molar-refractivity contribution in [3.63, 3.8) is 0 Å². The molecule has 0 aliphatic heterocycles. The zero-order chi connectivity index (χ0) is 18.8. The van der Waals surface area contributed by atoms with E-state index in [1.807, 2.05) is 30.5 Å². The van der Waals surface area contributed by atoms with E-state index in [0.717, 1.165) is 53.7 Å². The van der Waals surface area contributed by atoms with Crippen LogP contribution < -0.4 is 10.6 Å². The number of nitrogens with zero attached hydrogens (tertiary/aromatic N) is 2. The second kappa shape index (κ2) is 7.56. The van der Waals surface area contributed by atoms with Crippen molar-refractivity contribution >= 4 is 34.4 Å². The van der Waals surface area contributed by atoms with Crippen LogP contribution in [0, 0.1) is 0 Å². The molecule has 4 rings (SSSR count). The zero-order valence-corrected chi connectivity index (χ0v) is 15.9. The summed E-state index contributed by atoms with van der Waals surface area (Å²) in [6.07, 6.45) is 7.65. The molecular formula is C20H22ClN5O. The van der Waals surface area contributed by atoms with Crippen molar-refractivity contribution < 1.29 is 4.79 Å². The van der Waals surface area contributed by atoms with Crippen molar-refractivity contribution in [2.45, 2.75) is 44.7 Å². The lowest BCUT2D eigenvalue weighted by Crippen LogP contribution is -2.39. The molecule has 0 atom stereocenters. The van der Waals surface area contributed by atoms with Crippen LogP contribution in [0.15, 0.2) is 36.7 Å². The number of pyridine rings is 2. The number of anilines is 1. The molecule has 0 spiro atoms. The molecule has 140 valence electrons. The summed E-state index contributed by atoms with van der Waals surface area (Å²) in [4.78, 5) is 23.2. The fraction of sp³-hybridized carbons (Fsp3) is 0.350. The van der Waals surface area contributed by atoms with Gasteiger partial charge in [0.2, 0.25) is 5.91 Å². The van der Waals surface area contributed by atoms with Crippen LogP contribution in [-0.4, -0.2) is 32.9 Å². The second-order valence-corrected chi connectivity index (χ2v) is 7.45. The first-order valence-electron chi connectivity index (χ1n) is 9.22. The molecule has 3 aromatic heterocycles. The van der Waals surface area contributed by atoms with Crippen molar-refractivity contribution in [3.05, 3.63) is 41.8 Å². The van der Waals surface area contributed by atoms with Crippen molar-refractivity contribution in [2.75, 3.05) is 5.32 Å². The normalized spacial score (nSPS) is 19.8. The van der Waals surface area contributed by atoms with Crippen LogP contribution in [0.25, 0.3) is 22.2 Å². The van der Waals surface area contributed by atoms with E-state index in [1.54, 1.807) is 13.1 Å². The molecule has 27 heavy (non-hydrogen) atoms. The number of halogens is 1. The van der Waals surface area contributed by atoms with Crippen molar-refractivity contribution in [2.24, 2.45) is 0 Å². The largest absolute Gasteiger partial charge is 0.367 e. The van der Waals surface area contributed by atoms with E-state index in [4.69, 9.17) is 11.6 Å². The van der Waals surface area contributed by atoms with Gasteiger partial charge >= 0.3 is 0 Å². The summed E-state index contributed by atoms with van der Waals surface area (Å²) in [6.45, 7) is 1.57. The zero-order valence-electron chi connectivity index (χ0n) is 15.1. The van der Waals surface area contributed by atoms with Gasteiger partial charge in [-0.2, -0.15) is 0 Å². The Morgan fingerprint density at radius 2 is 2.00 bits per heavy atom. The number of nitrogens with one attached hydrogen (secondary N) is 3. The minimum atomic E-state index is 0.0424. The highest BCUT2D eigenvalue weighted by atomic mass is 35.5. The number of carbonyl (C=O) groups excluding carboxylic acids is 1. The first-order valence-corrected chi connectivity index (χ1v) is 9.60. The lowest BCUT2D eigenvalue weighted by molar-refractivity contribution is -0.119. The highest BCUT2D eigenvalue weighted by molar-refractivity contribution is 6.29. The van der Waals surface area contributed by atoms with E-state index >= 15 is 0 Å². The molecule has 1 aliphatic rings. The number of fused-ring (bicyclic) bond motifs is 1. The van der Waals surface area contributed by atoms with Crippen molar-refractivity contribution in [1.82, 2.24) is 20.3 Å². The summed E-state index contributed by atoms with van der Waals surface area (Å²) in [5, 5.41) is 8.03. The first kappa shape index (κ1) is 17.8. The smallest absolute Gasteiger partial charge is 0.217 e. The minimum Gasteiger partial charge on any atom is -0.367 e. The lowest BCUT2D eigenvalue weighted by Gasteiger charge is -2.29. The molecule has 1 amide bonds. The standard InChI is InChI=1S/C20H22ClN5O/c1-12(27)24-14-4-6-15(7-5-14)25-19-10-13(9-18(21)26-19)17-11-23-20-16(17)3-2-8-22-20/h2-3,8-11,14-15H,4-7H2,1H3,(H,22,23)(H,24,27)(H,25,26). The highest BCUT2D eigenvalue weighted by Gasteiger charge is 2.22. The SMILES string of the molecule is CC(=O)NC1CCC(Nc2cc(-c3c[nH]c4ncccc34)cc(Cl)n2)CC1. The van der Waals surface area contributed by atoms with E-state index in [9.17, 15) is 4.79 Å². The topological polar surface area (TPSA) is 82.7 Å². The number of carbonyl (C=O) groups is 1. The van der Waals surface area contributed by atoms with E-state index < -0.39 is 0 Å². The van der Waals surface area contributed by atoms with Crippen LogP contribution in [-0.2, 0) is 4.79 Å². The van der Waals surface area contributed by atoms with Crippen molar-refractivity contribution in [3.8, 4) is 11.1 Å². The Morgan fingerprint density at radius 3 is 2.78 bits per heavy atom. The lowest BCUT2D eigenvalue weighted by atomic mass is 9.91. The predicted molar refractivity (Wildman–Crippen MR) is 108 cm³/mol. The molecule has 3 N–H and O–H groups in total. The third kappa shape index (κ3) is 4.06. The average molecular weight is 384 g/mol. The van der Waals surface area contributed by atoms with Gasteiger partial charge in [0.15, 0.2) is 0 Å². The van der Waals surface area contributed by atoms with Gasteiger partial charge in [-0.1, -0.05) is 11.6 Å². The minimum absolute atomic E-state index is 0.0424. The molecule has 7 heteroatoms. The molecule has 0 unspecified atom stereocenters. The predicted octanol–water partition coefficient (Wildman–Crippen LogP) is 4.14. The average Bonchev–Trinajstić information content (AvgIpc) is 3.07. The van der Waals surface area contributed by atoms with E-state index in [-0.39, 0.29) is 11.9 Å². The molecule has 3 heterocycles. The van der Waals surface area contributed by atoms with Crippen molar-refractivity contribution in [1.29, 1.82) is 0 Å². The maximum Gasteiger partial charge on any atom is 0.217 e. The number of rotatable bonds is 4. The van der Waals surface area contributed by atoms with Crippen LogP contribution >= 0.6 is 11.6 Å². The number of hydrogen-bond donors (Lipinski definition) is 3. The number of aromatic nitrogens is 3. The molecule has 0 saturated heterocycles. The Hall–Kier alpha value is -2.60. The summed E-state index contributed by atoms with van der Waals surface area (Å²) in [5.41, 5.74) is 2.91. The number of hydrogen-bond acceptors (Lipinski definition) is 4. The van der Waals surface area contributed by atoms with E-state index in [1.165, 1.54) is 0 Å². The van der Waals surface area contributed by atoms with Crippen LogP contribution in [0.2, 0.25) is 5.15 Å². The Balaban J connectivity index is 1.51. The van der Waals surface area contributed by atoms with Crippen LogP contribution in [0.4, 0.5) is 5.82 Å². The Kier molecular flexibility index (Phi) is 4.99. The molecule has 1 fully saturated rings. The van der Waals surface area contributed by atoms with Crippen LogP contribution in [0.3, 0.4) is 0 Å². The Labute approximate surface area is 162 Å².